The molecular formula is C17H19N3O2. The fourth-order valence-corrected chi connectivity index (χ4v) is 2.05. The molecule has 0 aromatic heterocycles. The third-order valence-electron chi connectivity index (χ3n) is 3.18. The van der Waals surface area contributed by atoms with Crippen LogP contribution in [0.5, 0.6) is 0 Å². The van der Waals surface area contributed by atoms with E-state index < -0.39 is 6.03 Å². The molecule has 22 heavy (non-hydrogen) atoms. The lowest BCUT2D eigenvalue weighted by molar-refractivity contribution is -0.116. The van der Waals surface area contributed by atoms with Crippen molar-refractivity contribution in [3.63, 3.8) is 0 Å². The molecule has 3 amide bonds. The first-order chi connectivity index (χ1) is 10.5. The topological polar surface area (TPSA) is 84.2 Å². The van der Waals surface area contributed by atoms with Gasteiger partial charge in [-0.3, -0.25) is 4.79 Å². The van der Waals surface area contributed by atoms with Gasteiger partial charge in [0.25, 0.3) is 0 Å². The fourth-order valence-electron chi connectivity index (χ4n) is 2.05. The maximum Gasteiger partial charge on any atom is 0.316 e. The molecule has 0 aliphatic heterocycles. The Kier molecular flexibility index (Phi) is 5.14. The molecule has 5 heteroatoms. The predicted octanol–water partition coefficient (Wildman–Crippen LogP) is 3.06. The van der Waals surface area contributed by atoms with E-state index in [4.69, 9.17) is 5.73 Å². The zero-order valence-corrected chi connectivity index (χ0v) is 12.4. The van der Waals surface area contributed by atoms with Crippen molar-refractivity contribution in [3.05, 3.63) is 59.7 Å². The van der Waals surface area contributed by atoms with Crippen LogP contribution >= 0.6 is 0 Å². The molecule has 0 atom stereocenters. The van der Waals surface area contributed by atoms with Gasteiger partial charge in [0.05, 0.1) is 0 Å². The molecule has 0 spiro atoms. The van der Waals surface area contributed by atoms with Crippen molar-refractivity contribution in [2.24, 2.45) is 5.73 Å². The van der Waals surface area contributed by atoms with E-state index in [9.17, 15) is 9.59 Å². The SMILES string of the molecule is Cc1ccc(CCC(=O)Nc2cccc(NC(N)=O)c2)cc1. The number of nitrogens with one attached hydrogen (secondary N) is 2. The van der Waals surface area contributed by atoms with Gasteiger partial charge in [-0.1, -0.05) is 35.9 Å². The summed E-state index contributed by atoms with van der Waals surface area (Å²) in [5.74, 6) is -0.0724. The molecule has 0 fully saturated rings. The Morgan fingerprint density at radius 2 is 1.64 bits per heavy atom. The van der Waals surface area contributed by atoms with Crippen molar-refractivity contribution in [1.29, 1.82) is 0 Å². The van der Waals surface area contributed by atoms with Crippen molar-refractivity contribution in [2.45, 2.75) is 19.8 Å². The summed E-state index contributed by atoms with van der Waals surface area (Å²) in [5.41, 5.74) is 8.56. The molecule has 0 bridgehead atoms. The van der Waals surface area contributed by atoms with Gasteiger partial charge in [-0.15, -0.1) is 0 Å². The Morgan fingerprint density at radius 3 is 2.27 bits per heavy atom. The number of primary amides is 1. The molecule has 0 saturated carbocycles. The Bertz CT molecular complexity index is 666. The number of amides is 3. The van der Waals surface area contributed by atoms with Crippen molar-refractivity contribution in [2.75, 3.05) is 10.6 Å². The van der Waals surface area contributed by atoms with Gasteiger partial charge in [0.1, 0.15) is 0 Å². The highest BCUT2D eigenvalue weighted by atomic mass is 16.2. The van der Waals surface area contributed by atoms with Gasteiger partial charge < -0.3 is 16.4 Å². The van der Waals surface area contributed by atoms with Crippen LogP contribution in [0.3, 0.4) is 0 Å². The van der Waals surface area contributed by atoms with Gasteiger partial charge in [-0.2, -0.15) is 0 Å². The van der Waals surface area contributed by atoms with E-state index in [1.54, 1.807) is 24.3 Å². The van der Waals surface area contributed by atoms with Crippen LogP contribution in [-0.4, -0.2) is 11.9 Å². The zero-order valence-electron chi connectivity index (χ0n) is 12.4. The molecule has 2 rings (SSSR count). The van der Waals surface area contributed by atoms with Gasteiger partial charge in [-0.05, 0) is 37.1 Å². The fraction of sp³-hybridized carbons (Fsp3) is 0.176. The minimum atomic E-state index is -0.636. The summed E-state index contributed by atoms with van der Waals surface area (Å²) in [6.07, 6.45) is 1.09. The lowest BCUT2D eigenvalue weighted by Crippen LogP contribution is -2.19. The van der Waals surface area contributed by atoms with E-state index in [-0.39, 0.29) is 5.91 Å². The van der Waals surface area contributed by atoms with Crippen LogP contribution in [-0.2, 0) is 11.2 Å². The highest BCUT2D eigenvalue weighted by Gasteiger charge is 2.04. The number of urea groups is 1. The first-order valence-electron chi connectivity index (χ1n) is 7.05. The van der Waals surface area contributed by atoms with E-state index in [0.717, 1.165) is 5.56 Å². The lowest BCUT2D eigenvalue weighted by Gasteiger charge is -2.08. The summed E-state index contributed by atoms with van der Waals surface area (Å²) < 4.78 is 0. The first kappa shape index (κ1) is 15.6. The number of hydrogen-bond acceptors (Lipinski definition) is 2. The molecule has 0 aliphatic carbocycles. The van der Waals surface area contributed by atoms with E-state index in [1.807, 2.05) is 31.2 Å². The number of carbonyl (C=O) groups is 2. The van der Waals surface area contributed by atoms with Crippen LogP contribution < -0.4 is 16.4 Å². The second-order valence-electron chi connectivity index (χ2n) is 5.10. The maximum atomic E-state index is 12.0. The minimum absolute atomic E-state index is 0.0724. The monoisotopic (exact) mass is 297 g/mol. The van der Waals surface area contributed by atoms with Crippen LogP contribution in [0.25, 0.3) is 0 Å². The van der Waals surface area contributed by atoms with Crippen LogP contribution in [0.15, 0.2) is 48.5 Å². The number of benzene rings is 2. The van der Waals surface area contributed by atoms with Crippen molar-refractivity contribution >= 4 is 23.3 Å². The molecule has 4 N–H and O–H groups in total. The van der Waals surface area contributed by atoms with E-state index >= 15 is 0 Å². The normalized spacial score (nSPS) is 10.0. The molecule has 2 aromatic rings. The third-order valence-corrected chi connectivity index (χ3v) is 3.18. The Balaban J connectivity index is 1.89. The van der Waals surface area contributed by atoms with Crippen LogP contribution in [0, 0.1) is 6.92 Å². The second kappa shape index (κ2) is 7.26. The van der Waals surface area contributed by atoms with Crippen LogP contribution in [0.4, 0.5) is 16.2 Å². The number of carbonyl (C=O) groups excluding carboxylic acids is 2. The van der Waals surface area contributed by atoms with Crippen LogP contribution in [0.1, 0.15) is 17.5 Å². The number of rotatable bonds is 5. The number of hydrogen-bond donors (Lipinski definition) is 3. The summed E-state index contributed by atoms with van der Waals surface area (Å²) in [6.45, 7) is 2.03. The zero-order chi connectivity index (χ0) is 15.9. The average Bonchev–Trinajstić information content (AvgIpc) is 2.46. The van der Waals surface area contributed by atoms with Crippen molar-refractivity contribution in [3.8, 4) is 0 Å². The van der Waals surface area contributed by atoms with Gasteiger partial charge >= 0.3 is 6.03 Å². The molecule has 0 aliphatic rings. The van der Waals surface area contributed by atoms with Crippen LogP contribution in [0.2, 0.25) is 0 Å². The summed E-state index contributed by atoms with van der Waals surface area (Å²) in [6, 6.07) is 14.3. The quantitative estimate of drug-likeness (QED) is 0.792. The van der Waals surface area contributed by atoms with Gasteiger partial charge in [0.15, 0.2) is 0 Å². The number of anilines is 2. The third kappa shape index (κ3) is 4.94. The Labute approximate surface area is 129 Å². The van der Waals surface area contributed by atoms with Gasteiger partial charge in [0, 0.05) is 17.8 Å². The molecule has 0 radical (unpaired) electrons. The highest BCUT2D eigenvalue weighted by molar-refractivity contribution is 5.93. The largest absolute Gasteiger partial charge is 0.351 e. The predicted molar refractivity (Wildman–Crippen MR) is 87.8 cm³/mol. The smallest absolute Gasteiger partial charge is 0.316 e. The molecular weight excluding hydrogens is 278 g/mol. The molecule has 0 saturated heterocycles. The second-order valence-corrected chi connectivity index (χ2v) is 5.10. The first-order valence-corrected chi connectivity index (χ1v) is 7.05. The van der Waals surface area contributed by atoms with E-state index in [0.29, 0.717) is 24.2 Å². The number of nitrogens with two attached hydrogens (primary N) is 1. The minimum Gasteiger partial charge on any atom is -0.351 e. The molecule has 2 aromatic carbocycles. The highest BCUT2D eigenvalue weighted by Crippen LogP contribution is 2.15. The van der Waals surface area contributed by atoms with Crippen molar-refractivity contribution < 1.29 is 9.59 Å². The Morgan fingerprint density at radius 1 is 1.00 bits per heavy atom. The molecule has 5 nitrogen and oxygen atoms in total. The lowest BCUT2D eigenvalue weighted by atomic mass is 10.1. The summed E-state index contributed by atoms with van der Waals surface area (Å²) >= 11 is 0. The van der Waals surface area contributed by atoms with Gasteiger partial charge in [-0.25, -0.2) is 4.79 Å². The van der Waals surface area contributed by atoms with E-state index in [1.165, 1.54) is 5.56 Å². The Hall–Kier alpha value is -2.82. The number of aryl methyl sites for hydroxylation is 2. The van der Waals surface area contributed by atoms with Gasteiger partial charge in [0.2, 0.25) is 5.91 Å². The molecule has 114 valence electrons. The maximum absolute atomic E-state index is 12.0. The summed E-state index contributed by atoms with van der Waals surface area (Å²) in [5, 5.41) is 5.28. The summed E-state index contributed by atoms with van der Waals surface area (Å²) in [7, 11) is 0. The average molecular weight is 297 g/mol. The summed E-state index contributed by atoms with van der Waals surface area (Å²) in [4.78, 5) is 22.8. The molecule has 0 heterocycles. The van der Waals surface area contributed by atoms with Crippen molar-refractivity contribution in [1.82, 2.24) is 0 Å². The molecule has 0 unspecified atom stereocenters. The van der Waals surface area contributed by atoms with E-state index in [2.05, 4.69) is 10.6 Å². The standard InChI is InChI=1S/C17H19N3O2/c1-12-5-7-13(8-6-12)9-10-16(21)19-14-3-2-4-15(11-14)20-17(18)22/h2-8,11H,9-10H2,1H3,(H,19,21)(H3,18,20,22).